The topological polar surface area (TPSA) is 40.5 Å². The first kappa shape index (κ1) is 25.9. The third kappa shape index (κ3) is 6.24. The number of alkyl halides is 6. The number of hydrogen-bond donors (Lipinski definition) is 1. The summed E-state index contributed by atoms with van der Waals surface area (Å²) in [6, 6.07) is 9.59. The maximum atomic E-state index is 13.1. The van der Waals surface area contributed by atoms with Crippen LogP contribution in [0.1, 0.15) is 50.2 Å². The molecule has 186 valence electrons. The SMILES string of the molecule is CC(C)CC(C(=O)O)c1cc(-c2ccc(C(F)(F)F)cc2)cc(N2CCC(C(F)(F)F)CC2)c1. The van der Waals surface area contributed by atoms with Gasteiger partial charge in [0.2, 0.25) is 0 Å². The van der Waals surface area contributed by atoms with E-state index in [2.05, 4.69) is 0 Å². The zero-order valence-electron chi connectivity index (χ0n) is 18.9. The number of aliphatic carboxylic acids is 1. The monoisotopic (exact) mass is 487 g/mol. The molecule has 9 heteroatoms. The Morgan fingerprint density at radius 1 is 0.971 bits per heavy atom. The summed E-state index contributed by atoms with van der Waals surface area (Å²) in [6.45, 7) is 4.08. The van der Waals surface area contributed by atoms with Gasteiger partial charge in [0, 0.05) is 18.8 Å². The summed E-state index contributed by atoms with van der Waals surface area (Å²) < 4.78 is 78.2. The van der Waals surface area contributed by atoms with Crippen molar-refractivity contribution in [3.63, 3.8) is 0 Å². The van der Waals surface area contributed by atoms with Gasteiger partial charge in [-0.05, 0) is 66.1 Å². The lowest BCUT2D eigenvalue weighted by atomic mass is 9.87. The first-order valence-corrected chi connectivity index (χ1v) is 11.1. The molecule has 1 aliphatic heterocycles. The van der Waals surface area contributed by atoms with Gasteiger partial charge in [-0.2, -0.15) is 26.3 Å². The second kappa shape index (κ2) is 9.88. The number of carboxylic acids is 1. The van der Waals surface area contributed by atoms with E-state index in [0.29, 0.717) is 28.8 Å². The van der Waals surface area contributed by atoms with E-state index in [0.717, 1.165) is 12.1 Å². The highest BCUT2D eigenvalue weighted by molar-refractivity contribution is 5.79. The number of anilines is 1. The summed E-state index contributed by atoms with van der Waals surface area (Å²) in [7, 11) is 0. The molecule has 1 unspecified atom stereocenters. The first-order valence-electron chi connectivity index (χ1n) is 11.1. The van der Waals surface area contributed by atoms with Crippen molar-refractivity contribution in [3.05, 3.63) is 53.6 Å². The van der Waals surface area contributed by atoms with Crippen molar-refractivity contribution in [2.75, 3.05) is 18.0 Å². The van der Waals surface area contributed by atoms with Gasteiger partial charge < -0.3 is 10.0 Å². The second-order valence-electron chi connectivity index (χ2n) is 9.21. The molecule has 2 aromatic rings. The van der Waals surface area contributed by atoms with Crippen LogP contribution in [0.4, 0.5) is 32.0 Å². The fourth-order valence-electron chi connectivity index (χ4n) is 4.35. The molecule has 1 heterocycles. The van der Waals surface area contributed by atoms with Crippen LogP contribution in [0.15, 0.2) is 42.5 Å². The average Bonchev–Trinajstić information content (AvgIpc) is 2.76. The number of halogens is 6. The molecule has 1 N–H and O–H groups in total. The molecular formula is C25H27F6NO2. The minimum Gasteiger partial charge on any atom is -0.481 e. The van der Waals surface area contributed by atoms with E-state index in [1.165, 1.54) is 12.1 Å². The smallest absolute Gasteiger partial charge is 0.416 e. The number of hydrogen-bond acceptors (Lipinski definition) is 2. The summed E-state index contributed by atoms with van der Waals surface area (Å²) in [5, 5.41) is 9.82. The van der Waals surface area contributed by atoms with Gasteiger partial charge in [0.05, 0.1) is 17.4 Å². The molecule has 0 aromatic heterocycles. The van der Waals surface area contributed by atoms with Crippen LogP contribution in [0.3, 0.4) is 0 Å². The third-order valence-corrected chi connectivity index (χ3v) is 6.22. The van der Waals surface area contributed by atoms with Crippen molar-refractivity contribution in [3.8, 4) is 11.1 Å². The highest BCUT2D eigenvalue weighted by atomic mass is 19.4. The minimum absolute atomic E-state index is 0.0711. The highest BCUT2D eigenvalue weighted by Gasteiger charge is 2.41. The van der Waals surface area contributed by atoms with Crippen molar-refractivity contribution in [1.29, 1.82) is 0 Å². The van der Waals surface area contributed by atoms with E-state index in [1.807, 2.05) is 13.8 Å². The molecule has 3 rings (SSSR count). The van der Waals surface area contributed by atoms with Crippen LogP contribution in [-0.4, -0.2) is 30.3 Å². The normalized spacial score (nSPS) is 16.7. The second-order valence-corrected chi connectivity index (χ2v) is 9.21. The quantitative estimate of drug-likeness (QED) is 0.433. The van der Waals surface area contributed by atoms with Gasteiger partial charge >= 0.3 is 18.3 Å². The molecule has 2 aromatic carbocycles. The first-order chi connectivity index (χ1) is 15.8. The molecule has 0 spiro atoms. The number of carboxylic acid groups (broad SMARTS) is 1. The Bertz CT molecular complexity index is 990. The maximum Gasteiger partial charge on any atom is 0.416 e. The third-order valence-electron chi connectivity index (χ3n) is 6.22. The zero-order chi connectivity index (χ0) is 25.3. The van der Waals surface area contributed by atoms with E-state index in [1.54, 1.807) is 23.1 Å². The molecule has 3 nitrogen and oxygen atoms in total. The number of piperidine rings is 1. The van der Waals surface area contributed by atoms with Gasteiger partial charge in [-0.25, -0.2) is 0 Å². The molecule has 0 amide bonds. The van der Waals surface area contributed by atoms with Crippen molar-refractivity contribution in [1.82, 2.24) is 0 Å². The number of rotatable bonds is 6. The Labute approximate surface area is 194 Å². The van der Waals surface area contributed by atoms with Gasteiger partial charge in [0.25, 0.3) is 0 Å². The standard InChI is InChI=1S/C25H27F6NO2/c1-15(2)11-22(23(33)34)18-12-17(16-3-5-19(6-4-16)24(26,27)28)13-21(14-18)32-9-7-20(8-10-32)25(29,30)31/h3-6,12-15,20,22H,7-11H2,1-2H3,(H,33,34). The van der Waals surface area contributed by atoms with E-state index in [4.69, 9.17) is 0 Å². The van der Waals surface area contributed by atoms with Gasteiger partial charge in [-0.1, -0.05) is 32.0 Å². The summed E-state index contributed by atoms with van der Waals surface area (Å²) in [5.74, 6) is -3.18. The minimum atomic E-state index is -4.49. The van der Waals surface area contributed by atoms with Crippen LogP contribution in [0.25, 0.3) is 11.1 Å². The van der Waals surface area contributed by atoms with Crippen LogP contribution in [0, 0.1) is 11.8 Å². The molecule has 1 atom stereocenters. The van der Waals surface area contributed by atoms with Gasteiger partial charge in [-0.3, -0.25) is 4.79 Å². The Morgan fingerprint density at radius 3 is 2.03 bits per heavy atom. The summed E-state index contributed by atoms with van der Waals surface area (Å²) in [5.41, 5.74) is 1.24. The van der Waals surface area contributed by atoms with Crippen molar-refractivity contribution in [2.45, 2.75) is 51.4 Å². The van der Waals surface area contributed by atoms with Crippen LogP contribution < -0.4 is 4.90 Å². The Kier molecular flexibility index (Phi) is 7.53. The zero-order valence-corrected chi connectivity index (χ0v) is 18.9. The molecule has 0 saturated carbocycles. The Morgan fingerprint density at radius 2 is 1.56 bits per heavy atom. The molecule has 1 aliphatic rings. The molecule has 34 heavy (non-hydrogen) atoms. The fourth-order valence-corrected chi connectivity index (χ4v) is 4.35. The number of carbonyl (C=O) groups is 1. The summed E-state index contributed by atoms with van der Waals surface area (Å²) in [4.78, 5) is 13.8. The maximum absolute atomic E-state index is 13.1. The van der Waals surface area contributed by atoms with Crippen LogP contribution in [0.5, 0.6) is 0 Å². The van der Waals surface area contributed by atoms with E-state index < -0.39 is 35.7 Å². The van der Waals surface area contributed by atoms with Gasteiger partial charge in [0.1, 0.15) is 0 Å². The lowest BCUT2D eigenvalue weighted by molar-refractivity contribution is -0.179. The van der Waals surface area contributed by atoms with Crippen LogP contribution >= 0.6 is 0 Å². The highest BCUT2D eigenvalue weighted by Crippen LogP contribution is 2.38. The fraction of sp³-hybridized carbons (Fsp3) is 0.480. The lowest BCUT2D eigenvalue weighted by Crippen LogP contribution is -2.39. The van der Waals surface area contributed by atoms with Crippen LogP contribution in [0.2, 0.25) is 0 Å². The largest absolute Gasteiger partial charge is 0.481 e. The molecule has 0 aliphatic carbocycles. The predicted octanol–water partition coefficient (Wildman–Crippen LogP) is 7.37. The molecule has 0 bridgehead atoms. The Hall–Kier alpha value is -2.71. The van der Waals surface area contributed by atoms with Crippen molar-refractivity contribution >= 4 is 11.7 Å². The van der Waals surface area contributed by atoms with E-state index in [-0.39, 0.29) is 31.8 Å². The number of benzene rings is 2. The number of nitrogens with zero attached hydrogens (tertiary/aromatic N) is 1. The van der Waals surface area contributed by atoms with Crippen LogP contribution in [-0.2, 0) is 11.0 Å². The molecular weight excluding hydrogens is 460 g/mol. The lowest BCUT2D eigenvalue weighted by Gasteiger charge is -2.35. The Balaban J connectivity index is 2.01. The van der Waals surface area contributed by atoms with Crippen molar-refractivity contribution in [2.24, 2.45) is 11.8 Å². The average molecular weight is 487 g/mol. The van der Waals surface area contributed by atoms with E-state index in [9.17, 15) is 36.2 Å². The molecule has 0 radical (unpaired) electrons. The predicted molar refractivity (Wildman–Crippen MR) is 118 cm³/mol. The molecule has 1 saturated heterocycles. The van der Waals surface area contributed by atoms with E-state index >= 15 is 0 Å². The van der Waals surface area contributed by atoms with Gasteiger partial charge in [0.15, 0.2) is 0 Å². The van der Waals surface area contributed by atoms with Gasteiger partial charge in [-0.15, -0.1) is 0 Å². The summed E-state index contributed by atoms with van der Waals surface area (Å²) >= 11 is 0. The van der Waals surface area contributed by atoms with Crippen molar-refractivity contribution < 1.29 is 36.2 Å². The molecule has 1 fully saturated rings. The summed E-state index contributed by atoms with van der Waals surface area (Å²) in [6.07, 6.45) is -8.54.